The molecular weight excluding hydrogens is 384 g/mol. The van der Waals surface area contributed by atoms with Gasteiger partial charge in [0.15, 0.2) is 0 Å². The Morgan fingerprint density at radius 2 is 1.10 bits per heavy atom. The predicted molar refractivity (Wildman–Crippen MR) is 117 cm³/mol. The Balaban J connectivity index is 2.90. The molecule has 0 aliphatic rings. The number of hydrogen-bond donors (Lipinski definition) is 10. The molecule has 0 aliphatic heterocycles. The van der Waals surface area contributed by atoms with Crippen LogP contribution in [0.5, 0.6) is 11.5 Å². The molecule has 14 N–H and O–H groups in total. The summed E-state index contributed by atoms with van der Waals surface area (Å²) in [7, 11) is 0. The third-order valence-electron chi connectivity index (χ3n) is 4.81. The monoisotopic (exact) mass is 410 g/mol. The Morgan fingerprint density at radius 3 is 1.37 bits per heavy atom. The Bertz CT molecular complexity index is 980. The summed E-state index contributed by atoms with van der Waals surface area (Å²) in [6.45, 7) is 1.91. The van der Waals surface area contributed by atoms with Crippen LogP contribution in [0.25, 0.3) is 0 Å². The van der Waals surface area contributed by atoms with Crippen molar-refractivity contribution in [2.45, 2.75) is 25.7 Å². The molecule has 30 heavy (non-hydrogen) atoms. The summed E-state index contributed by atoms with van der Waals surface area (Å²) < 4.78 is 0. The van der Waals surface area contributed by atoms with Gasteiger partial charge in [-0.1, -0.05) is 13.3 Å². The van der Waals surface area contributed by atoms with E-state index in [-0.39, 0.29) is 45.4 Å². The van der Waals surface area contributed by atoms with Crippen LogP contribution in [0.1, 0.15) is 59.1 Å². The normalized spacial score (nSPS) is 11.6. The largest absolute Gasteiger partial charge is 0.507 e. The lowest BCUT2D eigenvalue weighted by Gasteiger charge is -2.23. The van der Waals surface area contributed by atoms with Gasteiger partial charge in [-0.05, 0) is 30.7 Å². The number of hydrogen-bond acceptors (Lipinski definition) is 6. The minimum atomic E-state index is -0.634. The van der Waals surface area contributed by atoms with Crippen molar-refractivity contribution < 1.29 is 10.2 Å². The number of amidine groups is 4. The molecule has 0 unspecified atom stereocenters. The van der Waals surface area contributed by atoms with Gasteiger partial charge >= 0.3 is 0 Å². The van der Waals surface area contributed by atoms with E-state index < -0.39 is 17.6 Å². The van der Waals surface area contributed by atoms with Crippen LogP contribution in [-0.2, 0) is 0 Å². The highest BCUT2D eigenvalue weighted by Gasteiger charge is 2.26. The van der Waals surface area contributed by atoms with Gasteiger partial charge in [-0.25, -0.2) is 0 Å². The average molecular weight is 410 g/mol. The molecule has 0 saturated heterocycles. The van der Waals surface area contributed by atoms with Gasteiger partial charge in [0.1, 0.15) is 34.8 Å². The van der Waals surface area contributed by atoms with Crippen molar-refractivity contribution in [1.82, 2.24) is 0 Å². The van der Waals surface area contributed by atoms with Crippen LogP contribution in [0.2, 0.25) is 0 Å². The van der Waals surface area contributed by atoms with Gasteiger partial charge in [-0.15, -0.1) is 0 Å². The first-order chi connectivity index (χ1) is 14.0. The molecule has 0 amide bonds. The molecule has 0 radical (unpaired) electrons. The van der Waals surface area contributed by atoms with Crippen molar-refractivity contribution in [3.63, 3.8) is 0 Å². The smallest absolute Gasteiger partial charge is 0.130 e. The van der Waals surface area contributed by atoms with Crippen LogP contribution >= 0.6 is 0 Å². The van der Waals surface area contributed by atoms with Crippen molar-refractivity contribution in [3.05, 3.63) is 57.6 Å². The van der Waals surface area contributed by atoms with E-state index >= 15 is 0 Å². The lowest BCUT2D eigenvalue weighted by molar-refractivity contribution is 0.449. The molecule has 158 valence electrons. The van der Waals surface area contributed by atoms with E-state index in [1.807, 2.05) is 6.92 Å². The van der Waals surface area contributed by atoms with Gasteiger partial charge in [0.05, 0.1) is 11.1 Å². The average Bonchev–Trinajstić information content (AvgIpc) is 2.66. The summed E-state index contributed by atoms with van der Waals surface area (Å²) in [4.78, 5) is 0. The molecular formula is C20H26N8O2. The Morgan fingerprint density at radius 1 is 0.733 bits per heavy atom. The number of phenols is 2. The lowest BCUT2D eigenvalue weighted by Crippen LogP contribution is -2.19. The molecule has 0 aromatic heterocycles. The summed E-state index contributed by atoms with van der Waals surface area (Å²) in [5, 5.41) is 52.7. The first-order valence-corrected chi connectivity index (χ1v) is 9.10. The number of phenolic OH excluding ortho intramolecular Hbond substituents is 2. The topological polar surface area (TPSA) is 240 Å². The summed E-state index contributed by atoms with van der Waals surface area (Å²) in [6.07, 6.45) is 1.08. The van der Waals surface area contributed by atoms with Gasteiger partial charge < -0.3 is 33.1 Å². The zero-order valence-electron chi connectivity index (χ0n) is 16.5. The van der Waals surface area contributed by atoms with E-state index in [0.29, 0.717) is 24.0 Å². The van der Waals surface area contributed by atoms with Crippen molar-refractivity contribution in [3.8, 4) is 11.5 Å². The van der Waals surface area contributed by atoms with Crippen LogP contribution in [0.4, 0.5) is 0 Å². The summed E-state index contributed by atoms with van der Waals surface area (Å²) in [6, 6.07) is 5.69. The van der Waals surface area contributed by atoms with Gasteiger partial charge in [0, 0.05) is 28.2 Å². The molecule has 0 saturated carbocycles. The molecule has 2 aromatic carbocycles. The Kier molecular flexibility index (Phi) is 6.30. The van der Waals surface area contributed by atoms with E-state index in [9.17, 15) is 10.2 Å². The van der Waals surface area contributed by atoms with E-state index in [2.05, 4.69) is 0 Å². The van der Waals surface area contributed by atoms with E-state index in [4.69, 9.17) is 44.6 Å². The van der Waals surface area contributed by atoms with Crippen LogP contribution in [0.15, 0.2) is 24.3 Å². The second-order valence-corrected chi connectivity index (χ2v) is 6.92. The quantitative estimate of drug-likeness (QED) is 0.226. The first-order valence-electron chi connectivity index (χ1n) is 9.10. The van der Waals surface area contributed by atoms with Crippen molar-refractivity contribution in [2.24, 2.45) is 22.9 Å². The highest BCUT2D eigenvalue weighted by Crippen LogP contribution is 2.42. The minimum absolute atomic E-state index is 0.00723. The SMILES string of the molecule is CCCC(c1cc(C(=N)N)cc(C(=N)N)c1O)c1cc(C(=N)N)cc(C(=N)N)c1O. The fraction of sp³-hybridized carbons (Fsp3) is 0.200. The van der Waals surface area contributed by atoms with Crippen molar-refractivity contribution in [1.29, 1.82) is 21.6 Å². The molecule has 0 heterocycles. The van der Waals surface area contributed by atoms with Crippen molar-refractivity contribution in [2.75, 3.05) is 0 Å². The fourth-order valence-corrected chi connectivity index (χ4v) is 3.33. The zero-order valence-corrected chi connectivity index (χ0v) is 16.5. The maximum absolute atomic E-state index is 10.8. The highest BCUT2D eigenvalue weighted by molar-refractivity contribution is 6.04. The molecule has 0 bridgehead atoms. The van der Waals surface area contributed by atoms with E-state index in [0.717, 1.165) is 0 Å². The maximum Gasteiger partial charge on any atom is 0.130 e. The lowest BCUT2D eigenvalue weighted by atomic mass is 9.82. The molecule has 10 heteroatoms. The van der Waals surface area contributed by atoms with E-state index in [1.165, 1.54) is 24.3 Å². The van der Waals surface area contributed by atoms with Crippen LogP contribution in [-0.4, -0.2) is 33.6 Å². The fourth-order valence-electron chi connectivity index (χ4n) is 3.33. The standard InChI is InChI=1S/C20H26N8O2/c1-2-3-10(11-4-8(17(21)22)6-13(15(11)29)19(25)26)12-5-9(18(23)24)7-14(16(12)30)20(27)28/h4-7,10,29-30H,2-3H2,1H3,(H3,21,22)(H3,23,24)(H3,25,26)(H3,27,28). The van der Waals surface area contributed by atoms with Crippen LogP contribution in [0.3, 0.4) is 0 Å². The molecule has 10 nitrogen and oxygen atoms in total. The van der Waals surface area contributed by atoms with Crippen LogP contribution < -0.4 is 22.9 Å². The second kappa shape index (κ2) is 8.52. The van der Waals surface area contributed by atoms with E-state index in [1.54, 1.807) is 0 Å². The first kappa shape index (κ1) is 22.2. The Labute approximate surface area is 173 Å². The maximum atomic E-state index is 10.8. The van der Waals surface area contributed by atoms with Gasteiger partial charge in [-0.3, -0.25) is 21.6 Å². The predicted octanol–water partition coefficient (Wildman–Crippen LogP) is 1.17. The molecule has 2 aromatic rings. The summed E-state index contributed by atoms with van der Waals surface area (Å²) in [5.41, 5.74) is 23.5. The van der Waals surface area contributed by atoms with Gasteiger partial charge in [0.2, 0.25) is 0 Å². The van der Waals surface area contributed by atoms with Gasteiger partial charge in [-0.2, -0.15) is 0 Å². The number of nitrogens with one attached hydrogen (secondary N) is 4. The third-order valence-corrected chi connectivity index (χ3v) is 4.81. The molecule has 0 aliphatic carbocycles. The summed E-state index contributed by atoms with van der Waals surface area (Å²) in [5.74, 6) is -2.55. The number of nitrogens with two attached hydrogens (primary N) is 4. The third kappa shape index (κ3) is 4.17. The number of nitrogen functional groups attached to an aromatic ring is 4. The molecule has 0 fully saturated rings. The highest BCUT2D eigenvalue weighted by atomic mass is 16.3. The summed E-state index contributed by atoms with van der Waals surface area (Å²) >= 11 is 0. The number of rotatable bonds is 8. The Hall–Kier alpha value is -4.08. The molecule has 2 rings (SSSR count). The number of aromatic hydroxyl groups is 2. The van der Waals surface area contributed by atoms with Crippen LogP contribution in [0, 0.1) is 21.6 Å². The molecule has 0 spiro atoms. The minimum Gasteiger partial charge on any atom is -0.507 e. The second-order valence-electron chi connectivity index (χ2n) is 6.92. The zero-order chi connectivity index (χ0) is 22.7. The van der Waals surface area contributed by atoms with Gasteiger partial charge in [0.25, 0.3) is 0 Å². The number of benzene rings is 2. The molecule has 0 atom stereocenters. The van der Waals surface area contributed by atoms with Crippen molar-refractivity contribution >= 4 is 23.3 Å².